The average molecular weight is 208 g/mol. The van der Waals surface area contributed by atoms with E-state index in [1.165, 1.54) is 25.3 Å². The monoisotopic (exact) mass is 208 g/mol. The Bertz CT molecular complexity index is 266. The quantitative estimate of drug-likeness (QED) is 0.538. The molecular formula is C13H20O2. The fraction of sp³-hybridized carbons (Fsp3) is 0.615. The van der Waals surface area contributed by atoms with Crippen LogP contribution in [-0.2, 0) is 4.79 Å². The molecule has 0 amide bonds. The molecule has 0 aromatic rings. The second-order valence-corrected chi connectivity index (χ2v) is 4.25. The van der Waals surface area contributed by atoms with Crippen molar-refractivity contribution in [3.05, 3.63) is 24.3 Å². The highest BCUT2D eigenvalue weighted by Crippen LogP contribution is 2.24. The van der Waals surface area contributed by atoms with E-state index < -0.39 is 5.60 Å². The summed E-state index contributed by atoms with van der Waals surface area (Å²) < 4.78 is 0. The molecule has 0 saturated heterocycles. The fourth-order valence-electron chi connectivity index (χ4n) is 1.73. The number of unbranched alkanes of at least 4 members (excludes halogenated alkanes) is 3. The van der Waals surface area contributed by atoms with Gasteiger partial charge in [0.2, 0.25) is 0 Å². The normalized spacial score (nSPS) is 25.6. The third-order valence-corrected chi connectivity index (χ3v) is 2.67. The van der Waals surface area contributed by atoms with Crippen LogP contribution in [0.15, 0.2) is 24.3 Å². The summed E-state index contributed by atoms with van der Waals surface area (Å²) in [6, 6.07) is 0. The lowest BCUT2D eigenvalue weighted by Crippen LogP contribution is -2.23. The van der Waals surface area contributed by atoms with Crippen LogP contribution in [0, 0.1) is 0 Å². The Hall–Kier alpha value is -0.890. The zero-order valence-corrected chi connectivity index (χ0v) is 9.41. The van der Waals surface area contributed by atoms with E-state index in [0.717, 1.165) is 6.42 Å². The molecule has 0 aromatic carbocycles. The van der Waals surface area contributed by atoms with Crippen molar-refractivity contribution in [3.63, 3.8) is 0 Å². The second-order valence-electron chi connectivity index (χ2n) is 4.25. The molecule has 0 bridgehead atoms. The van der Waals surface area contributed by atoms with E-state index in [1.54, 1.807) is 6.08 Å². The van der Waals surface area contributed by atoms with Gasteiger partial charge in [0, 0.05) is 6.42 Å². The van der Waals surface area contributed by atoms with Gasteiger partial charge in [-0.25, -0.2) is 0 Å². The zero-order chi connectivity index (χ0) is 11.1. The number of carbonyl (C=O) groups is 1. The van der Waals surface area contributed by atoms with Crippen molar-refractivity contribution >= 4 is 5.78 Å². The van der Waals surface area contributed by atoms with Crippen molar-refractivity contribution < 1.29 is 9.90 Å². The van der Waals surface area contributed by atoms with Gasteiger partial charge in [0.25, 0.3) is 0 Å². The van der Waals surface area contributed by atoms with Gasteiger partial charge in [-0.2, -0.15) is 0 Å². The summed E-state index contributed by atoms with van der Waals surface area (Å²) in [5.74, 6) is 0.0249. The third-order valence-electron chi connectivity index (χ3n) is 2.67. The molecule has 84 valence electrons. The predicted molar refractivity (Wildman–Crippen MR) is 61.6 cm³/mol. The van der Waals surface area contributed by atoms with Gasteiger partial charge < -0.3 is 5.11 Å². The summed E-state index contributed by atoms with van der Waals surface area (Å²) in [5.41, 5.74) is -0.904. The highest BCUT2D eigenvalue weighted by atomic mass is 16.3. The van der Waals surface area contributed by atoms with Crippen LogP contribution in [0.4, 0.5) is 0 Å². The van der Waals surface area contributed by atoms with Crippen molar-refractivity contribution in [1.82, 2.24) is 0 Å². The molecule has 15 heavy (non-hydrogen) atoms. The van der Waals surface area contributed by atoms with Gasteiger partial charge in [0.05, 0.1) is 5.60 Å². The molecular weight excluding hydrogens is 188 g/mol. The Labute approximate surface area is 91.7 Å². The Kier molecular flexibility index (Phi) is 4.76. The summed E-state index contributed by atoms with van der Waals surface area (Å²) in [5, 5.41) is 9.91. The van der Waals surface area contributed by atoms with Gasteiger partial charge in [-0.1, -0.05) is 31.9 Å². The average Bonchev–Trinajstić information content (AvgIpc) is 2.53. The molecule has 0 fully saturated rings. The van der Waals surface area contributed by atoms with E-state index >= 15 is 0 Å². The van der Waals surface area contributed by atoms with Crippen molar-refractivity contribution in [3.8, 4) is 0 Å². The molecule has 1 aliphatic carbocycles. The maximum absolute atomic E-state index is 11.0. The molecule has 1 N–H and O–H groups in total. The smallest absolute Gasteiger partial charge is 0.158 e. The van der Waals surface area contributed by atoms with E-state index in [-0.39, 0.29) is 12.2 Å². The molecule has 0 spiro atoms. The molecule has 2 nitrogen and oxygen atoms in total. The van der Waals surface area contributed by atoms with Gasteiger partial charge in [-0.3, -0.25) is 4.79 Å². The molecule has 0 unspecified atom stereocenters. The second kappa shape index (κ2) is 5.86. The number of aliphatic hydroxyl groups is 1. The maximum Gasteiger partial charge on any atom is 0.158 e. The predicted octanol–water partition coefficient (Wildman–Crippen LogP) is 2.77. The minimum Gasteiger partial charge on any atom is -0.385 e. The van der Waals surface area contributed by atoms with Crippen LogP contribution in [0.2, 0.25) is 0 Å². The van der Waals surface area contributed by atoms with Crippen LogP contribution >= 0.6 is 0 Å². The maximum atomic E-state index is 11.0. The number of hydrogen-bond acceptors (Lipinski definition) is 2. The Morgan fingerprint density at radius 3 is 2.87 bits per heavy atom. The lowest BCUT2D eigenvalue weighted by atomic mass is 9.98. The molecule has 0 aromatic heterocycles. The van der Waals surface area contributed by atoms with Crippen molar-refractivity contribution in [2.75, 3.05) is 0 Å². The summed E-state index contributed by atoms with van der Waals surface area (Å²) in [7, 11) is 0. The van der Waals surface area contributed by atoms with E-state index in [9.17, 15) is 9.90 Å². The van der Waals surface area contributed by atoms with E-state index in [2.05, 4.69) is 13.0 Å². The zero-order valence-electron chi connectivity index (χ0n) is 9.41. The van der Waals surface area contributed by atoms with E-state index in [1.807, 2.05) is 6.08 Å². The molecule has 1 atom stereocenters. The SMILES string of the molecule is CCCCC/C=C\C[C@]1(O)C=CC(=O)C1. The lowest BCUT2D eigenvalue weighted by molar-refractivity contribution is -0.116. The molecule has 0 aliphatic heterocycles. The standard InChI is InChI=1S/C13H20O2/c1-2-3-4-5-6-7-9-13(15)10-8-12(14)11-13/h6-8,10,15H,2-5,9,11H2,1H3/b7-6-/t13-/m0/s1. The van der Waals surface area contributed by atoms with Gasteiger partial charge in [0.1, 0.15) is 0 Å². The number of ketones is 1. The molecule has 2 heteroatoms. The number of carbonyl (C=O) groups excluding carboxylic acids is 1. The largest absolute Gasteiger partial charge is 0.385 e. The minimum atomic E-state index is -0.904. The van der Waals surface area contributed by atoms with Gasteiger partial charge in [0.15, 0.2) is 5.78 Å². The highest BCUT2D eigenvalue weighted by Gasteiger charge is 2.29. The minimum absolute atomic E-state index is 0.0249. The fourth-order valence-corrected chi connectivity index (χ4v) is 1.73. The summed E-state index contributed by atoms with van der Waals surface area (Å²) >= 11 is 0. The first kappa shape index (κ1) is 12.2. The first-order valence-corrected chi connectivity index (χ1v) is 5.76. The lowest BCUT2D eigenvalue weighted by Gasteiger charge is -2.16. The summed E-state index contributed by atoms with van der Waals surface area (Å²) in [4.78, 5) is 11.0. The van der Waals surface area contributed by atoms with Gasteiger partial charge >= 0.3 is 0 Å². The van der Waals surface area contributed by atoms with Crippen LogP contribution in [0.3, 0.4) is 0 Å². The third kappa shape index (κ3) is 4.43. The van der Waals surface area contributed by atoms with Crippen LogP contribution in [-0.4, -0.2) is 16.5 Å². The Morgan fingerprint density at radius 1 is 1.47 bits per heavy atom. The van der Waals surface area contributed by atoms with Gasteiger partial charge in [-0.05, 0) is 31.4 Å². The molecule has 0 radical (unpaired) electrons. The summed E-state index contributed by atoms with van der Waals surface area (Å²) in [6.07, 6.45) is 12.7. The van der Waals surface area contributed by atoms with Crippen molar-refractivity contribution in [1.29, 1.82) is 0 Å². The van der Waals surface area contributed by atoms with Crippen LogP contribution < -0.4 is 0 Å². The first-order chi connectivity index (χ1) is 7.16. The molecule has 0 saturated carbocycles. The number of hydrogen-bond donors (Lipinski definition) is 1. The number of allylic oxidation sites excluding steroid dienone is 2. The molecule has 1 rings (SSSR count). The van der Waals surface area contributed by atoms with Crippen LogP contribution in [0.5, 0.6) is 0 Å². The topological polar surface area (TPSA) is 37.3 Å². The van der Waals surface area contributed by atoms with Crippen LogP contribution in [0.1, 0.15) is 45.4 Å². The Morgan fingerprint density at radius 2 is 2.27 bits per heavy atom. The van der Waals surface area contributed by atoms with E-state index in [4.69, 9.17) is 0 Å². The van der Waals surface area contributed by atoms with Crippen LogP contribution in [0.25, 0.3) is 0 Å². The highest BCUT2D eigenvalue weighted by molar-refractivity contribution is 5.93. The molecule has 1 aliphatic rings. The first-order valence-electron chi connectivity index (χ1n) is 5.76. The van der Waals surface area contributed by atoms with Crippen molar-refractivity contribution in [2.24, 2.45) is 0 Å². The number of rotatable bonds is 6. The van der Waals surface area contributed by atoms with Crippen molar-refractivity contribution in [2.45, 2.75) is 51.0 Å². The van der Waals surface area contributed by atoms with Gasteiger partial charge in [-0.15, -0.1) is 0 Å². The summed E-state index contributed by atoms with van der Waals surface area (Å²) in [6.45, 7) is 2.18. The van der Waals surface area contributed by atoms with E-state index in [0.29, 0.717) is 6.42 Å². The molecule has 0 heterocycles. The Balaban J connectivity index is 2.19.